The number of hydrogen-bond donors (Lipinski definition) is 2. The molecule has 0 radical (unpaired) electrons. The highest BCUT2D eigenvalue weighted by molar-refractivity contribution is 5.78. The molecule has 1 aliphatic rings. The normalized spacial score (nSPS) is 25.5. The predicted molar refractivity (Wildman–Crippen MR) is 101 cm³/mol. The van der Waals surface area contributed by atoms with Crippen LogP contribution in [0.4, 0.5) is 0 Å². The Bertz CT molecular complexity index is 914. The van der Waals surface area contributed by atoms with Gasteiger partial charge in [-0.05, 0) is 25.6 Å². The summed E-state index contributed by atoms with van der Waals surface area (Å²) in [5.41, 5.74) is 2.75. The van der Waals surface area contributed by atoms with Crippen molar-refractivity contribution in [2.75, 3.05) is 13.6 Å². The summed E-state index contributed by atoms with van der Waals surface area (Å²) >= 11 is 0. The van der Waals surface area contributed by atoms with Crippen LogP contribution in [0.3, 0.4) is 0 Å². The number of likely N-dealkylation sites (N-methyl/N-ethyl adjacent to an activating group) is 1. The van der Waals surface area contributed by atoms with Crippen LogP contribution in [-0.4, -0.2) is 61.6 Å². The van der Waals surface area contributed by atoms with Gasteiger partial charge in [0.05, 0.1) is 5.69 Å². The number of nitrogens with zero attached hydrogens (tertiary/aromatic N) is 4. The molecule has 3 aromatic rings. The van der Waals surface area contributed by atoms with Crippen molar-refractivity contribution in [3.63, 3.8) is 0 Å². The fourth-order valence-corrected chi connectivity index (χ4v) is 3.68. The van der Waals surface area contributed by atoms with Crippen LogP contribution in [0.1, 0.15) is 17.5 Å². The van der Waals surface area contributed by atoms with E-state index in [1.54, 1.807) is 4.57 Å². The molecular weight excluding hydrogens is 344 g/mol. The molecule has 4 unspecified atom stereocenters. The van der Waals surface area contributed by atoms with Gasteiger partial charge in [0.1, 0.15) is 30.3 Å². The molecule has 0 saturated carbocycles. The van der Waals surface area contributed by atoms with Crippen molar-refractivity contribution in [3.05, 3.63) is 60.2 Å². The first-order valence-corrected chi connectivity index (χ1v) is 9.07. The van der Waals surface area contributed by atoms with Crippen LogP contribution < -0.4 is 0 Å². The molecular formula is C20H24N4O3. The summed E-state index contributed by atoms with van der Waals surface area (Å²) in [6.45, 7) is 3.17. The molecule has 1 aliphatic heterocycles. The van der Waals surface area contributed by atoms with Crippen LogP contribution in [0.15, 0.2) is 48.9 Å². The van der Waals surface area contributed by atoms with E-state index >= 15 is 0 Å². The second-order valence-corrected chi connectivity index (χ2v) is 7.15. The van der Waals surface area contributed by atoms with Crippen LogP contribution in [-0.2, 0) is 11.3 Å². The van der Waals surface area contributed by atoms with Crippen LogP contribution in [0.2, 0.25) is 0 Å². The molecule has 0 bridgehead atoms. The van der Waals surface area contributed by atoms with Gasteiger partial charge in [-0.2, -0.15) is 0 Å². The maximum Gasteiger partial charge on any atom is 0.164 e. The lowest BCUT2D eigenvalue weighted by atomic mass is 10.1. The summed E-state index contributed by atoms with van der Waals surface area (Å²) < 4.78 is 7.82. The fraction of sp³-hybridized carbons (Fsp3) is 0.400. The summed E-state index contributed by atoms with van der Waals surface area (Å²) in [5, 5.41) is 22.0. The Hall–Kier alpha value is -2.32. The van der Waals surface area contributed by atoms with E-state index in [1.807, 2.05) is 44.4 Å². The summed E-state index contributed by atoms with van der Waals surface area (Å²) in [4.78, 5) is 10.6. The lowest BCUT2D eigenvalue weighted by Gasteiger charge is -2.22. The highest BCUT2D eigenvalue weighted by Gasteiger charge is 2.44. The van der Waals surface area contributed by atoms with Crippen molar-refractivity contribution in [2.45, 2.75) is 38.0 Å². The van der Waals surface area contributed by atoms with Gasteiger partial charge in [0.25, 0.3) is 0 Å². The number of aromatic nitrogens is 3. The van der Waals surface area contributed by atoms with E-state index in [0.717, 1.165) is 17.6 Å². The van der Waals surface area contributed by atoms with Crippen LogP contribution in [0, 0.1) is 6.92 Å². The van der Waals surface area contributed by atoms with E-state index in [9.17, 15) is 10.2 Å². The zero-order chi connectivity index (χ0) is 19.0. The standard InChI is InChI=1S/C20H24N4O3/c1-13-15-8-9-24(19(15)22-12-21-13)20-18(26)17(25)16(27-20)11-23(2)10-14-6-4-3-5-7-14/h3-9,12,16-18,20,25-26H,10-11H2,1-2H3. The van der Waals surface area contributed by atoms with Crippen molar-refractivity contribution in [2.24, 2.45) is 0 Å². The molecule has 4 atom stereocenters. The third kappa shape index (κ3) is 3.46. The van der Waals surface area contributed by atoms with Crippen molar-refractivity contribution in [1.29, 1.82) is 0 Å². The minimum Gasteiger partial charge on any atom is -0.387 e. The maximum absolute atomic E-state index is 10.6. The third-order valence-corrected chi connectivity index (χ3v) is 5.11. The number of aryl methyl sites for hydroxylation is 1. The molecule has 7 nitrogen and oxygen atoms in total. The third-order valence-electron chi connectivity index (χ3n) is 5.11. The van der Waals surface area contributed by atoms with Gasteiger partial charge < -0.3 is 19.5 Å². The van der Waals surface area contributed by atoms with Crippen LogP contribution in [0.5, 0.6) is 0 Å². The Labute approximate surface area is 157 Å². The molecule has 1 aromatic carbocycles. The number of ether oxygens (including phenoxy) is 1. The van der Waals surface area contributed by atoms with E-state index in [4.69, 9.17) is 4.74 Å². The first-order valence-electron chi connectivity index (χ1n) is 9.07. The van der Waals surface area contributed by atoms with Crippen molar-refractivity contribution < 1.29 is 14.9 Å². The van der Waals surface area contributed by atoms with Gasteiger partial charge in [0, 0.05) is 24.7 Å². The second kappa shape index (κ2) is 7.36. The smallest absolute Gasteiger partial charge is 0.164 e. The average molecular weight is 368 g/mol. The summed E-state index contributed by atoms with van der Waals surface area (Å²) in [5.74, 6) is 0. The average Bonchev–Trinajstić information content (AvgIpc) is 3.20. The summed E-state index contributed by atoms with van der Waals surface area (Å²) in [7, 11) is 1.98. The van der Waals surface area contributed by atoms with Gasteiger partial charge in [-0.15, -0.1) is 0 Å². The van der Waals surface area contributed by atoms with E-state index in [-0.39, 0.29) is 0 Å². The molecule has 27 heavy (non-hydrogen) atoms. The Balaban J connectivity index is 1.49. The minimum absolute atomic E-state index is 0.487. The maximum atomic E-state index is 10.6. The van der Waals surface area contributed by atoms with Gasteiger partial charge in [0.2, 0.25) is 0 Å². The van der Waals surface area contributed by atoms with Crippen LogP contribution in [0.25, 0.3) is 11.0 Å². The van der Waals surface area contributed by atoms with E-state index in [1.165, 1.54) is 11.9 Å². The Morgan fingerprint density at radius 3 is 2.67 bits per heavy atom. The van der Waals surface area contributed by atoms with Gasteiger partial charge in [-0.25, -0.2) is 9.97 Å². The SMILES string of the molecule is Cc1ncnc2c1ccn2C1OC(CN(C)Cc2ccccc2)C(O)C1O. The van der Waals surface area contributed by atoms with Crippen molar-refractivity contribution in [1.82, 2.24) is 19.4 Å². The van der Waals surface area contributed by atoms with E-state index < -0.39 is 24.5 Å². The molecule has 2 N–H and O–H groups in total. The molecule has 3 heterocycles. The highest BCUT2D eigenvalue weighted by atomic mass is 16.6. The highest BCUT2D eigenvalue weighted by Crippen LogP contribution is 2.32. The number of benzene rings is 1. The first kappa shape index (κ1) is 18.1. The van der Waals surface area contributed by atoms with Gasteiger partial charge in [-0.3, -0.25) is 4.90 Å². The second-order valence-electron chi connectivity index (χ2n) is 7.15. The molecule has 1 saturated heterocycles. The Kier molecular flexibility index (Phi) is 4.92. The lowest BCUT2D eigenvalue weighted by molar-refractivity contribution is -0.0424. The van der Waals surface area contributed by atoms with Crippen molar-refractivity contribution in [3.8, 4) is 0 Å². The number of fused-ring (bicyclic) bond motifs is 1. The topological polar surface area (TPSA) is 83.6 Å². The minimum atomic E-state index is -1.02. The summed E-state index contributed by atoms with van der Waals surface area (Å²) in [6.07, 6.45) is 0.167. The number of aliphatic hydroxyl groups excluding tert-OH is 2. The molecule has 1 fully saturated rings. The van der Waals surface area contributed by atoms with Gasteiger partial charge >= 0.3 is 0 Å². The molecule has 4 rings (SSSR count). The predicted octanol–water partition coefficient (Wildman–Crippen LogP) is 1.49. The van der Waals surface area contributed by atoms with E-state index in [0.29, 0.717) is 12.2 Å². The number of aliphatic hydroxyl groups is 2. The van der Waals surface area contributed by atoms with Gasteiger partial charge in [0.15, 0.2) is 6.23 Å². The zero-order valence-corrected chi connectivity index (χ0v) is 15.4. The van der Waals surface area contributed by atoms with Crippen molar-refractivity contribution >= 4 is 11.0 Å². The largest absolute Gasteiger partial charge is 0.387 e. The first-order chi connectivity index (χ1) is 13.0. The Morgan fingerprint density at radius 2 is 1.89 bits per heavy atom. The van der Waals surface area contributed by atoms with Crippen LogP contribution >= 0.6 is 0 Å². The molecule has 0 aliphatic carbocycles. The molecule has 0 spiro atoms. The Morgan fingerprint density at radius 1 is 1.11 bits per heavy atom. The van der Waals surface area contributed by atoms with Gasteiger partial charge in [-0.1, -0.05) is 30.3 Å². The lowest BCUT2D eigenvalue weighted by Crippen LogP contribution is -2.38. The zero-order valence-electron chi connectivity index (χ0n) is 15.4. The molecule has 142 valence electrons. The molecule has 2 aromatic heterocycles. The quantitative estimate of drug-likeness (QED) is 0.710. The number of rotatable bonds is 5. The number of hydrogen-bond acceptors (Lipinski definition) is 6. The summed E-state index contributed by atoms with van der Waals surface area (Å²) in [6, 6.07) is 12.0. The monoisotopic (exact) mass is 368 g/mol. The fourth-order valence-electron chi connectivity index (χ4n) is 3.68. The van der Waals surface area contributed by atoms with E-state index in [2.05, 4.69) is 27.0 Å². The molecule has 7 heteroatoms. The molecule has 0 amide bonds.